The fourth-order valence-electron chi connectivity index (χ4n) is 2.86. The molecule has 0 atom stereocenters. The fourth-order valence-corrected chi connectivity index (χ4v) is 2.86. The van der Waals surface area contributed by atoms with Gasteiger partial charge in [-0.05, 0) is 36.4 Å². The molecule has 134 valence electrons. The molecular formula is C20H17N5O2. The van der Waals surface area contributed by atoms with Crippen LogP contribution in [0.2, 0.25) is 0 Å². The van der Waals surface area contributed by atoms with Crippen LogP contribution in [0.4, 0.5) is 17.2 Å². The maximum Gasteiger partial charge on any atom is 0.221 e. The molecule has 0 aliphatic rings. The molecule has 0 saturated heterocycles. The lowest BCUT2D eigenvalue weighted by molar-refractivity contribution is -0.114. The number of nitrogens with one attached hydrogen (secondary N) is 2. The number of rotatable bonds is 4. The Balaban J connectivity index is 1.72. The summed E-state index contributed by atoms with van der Waals surface area (Å²) in [5.74, 6) is 0.691. The Kier molecular flexibility index (Phi) is 4.18. The first-order valence-electron chi connectivity index (χ1n) is 8.36. The summed E-state index contributed by atoms with van der Waals surface area (Å²) >= 11 is 0. The lowest BCUT2D eigenvalue weighted by Gasteiger charge is -2.09. The van der Waals surface area contributed by atoms with Crippen molar-refractivity contribution in [1.82, 2.24) is 14.4 Å². The Bertz CT molecular complexity index is 1120. The molecular weight excluding hydrogens is 342 g/mol. The van der Waals surface area contributed by atoms with Crippen LogP contribution < -0.4 is 10.6 Å². The lowest BCUT2D eigenvalue weighted by Crippen LogP contribution is -2.05. The van der Waals surface area contributed by atoms with Crippen molar-refractivity contribution >= 4 is 28.7 Å². The average molecular weight is 359 g/mol. The van der Waals surface area contributed by atoms with Gasteiger partial charge in [-0.1, -0.05) is 12.1 Å². The number of nitrogens with zero attached hydrogens (tertiary/aromatic N) is 3. The van der Waals surface area contributed by atoms with E-state index in [-0.39, 0.29) is 11.7 Å². The number of amides is 1. The van der Waals surface area contributed by atoms with Crippen LogP contribution in [0.5, 0.6) is 5.75 Å². The van der Waals surface area contributed by atoms with E-state index in [1.165, 1.54) is 6.92 Å². The number of anilines is 3. The summed E-state index contributed by atoms with van der Waals surface area (Å²) in [5, 5.41) is 15.4. The summed E-state index contributed by atoms with van der Waals surface area (Å²) in [5.41, 5.74) is 4.01. The molecule has 0 saturated carbocycles. The average Bonchev–Trinajstić information content (AvgIpc) is 3.08. The Labute approximate surface area is 155 Å². The summed E-state index contributed by atoms with van der Waals surface area (Å²) in [7, 11) is 0. The molecule has 27 heavy (non-hydrogen) atoms. The molecule has 3 N–H and O–H groups in total. The number of phenols is 1. The number of hydrogen-bond donors (Lipinski definition) is 3. The maximum atomic E-state index is 11.3. The van der Waals surface area contributed by atoms with Gasteiger partial charge < -0.3 is 15.7 Å². The predicted molar refractivity (Wildman–Crippen MR) is 104 cm³/mol. The van der Waals surface area contributed by atoms with E-state index in [2.05, 4.69) is 20.6 Å². The molecule has 0 radical (unpaired) electrons. The van der Waals surface area contributed by atoms with Crippen molar-refractivity contribution in [3.8, 4) is 17.0 Å². The van der Waals surface area contributed by atoms with Crippen molar-refractivity contribution in [3.63, 3.8) is 0 Å². The van der Waals surface area contributed by atoms with E-state index in [9.17, 15) is 9.90 Å². The molecule has 1 amide bonds. The van der Waals surface area contributed by atoms with Crippen molar-refractivity contribution < 1.29 is 9.90 Å². The third kappa shape index (κ3) is 3.43. The summed E-state index contributed by atoms with van der Waals surface area (Å²) in [4.78, 5) is 20.2. The number of aromatic hydroxyl groups is 1. The van der Waals surface area contributed by atoms with E-state index in [1.807, 2.05) is 34.9 Å². The monoisotopic (exact) mass is 359 g/mol. The highest BCUT2D eigenvalue weighted by molar-refractivity contribution is 5.89. The van der Waals surface area contributed by atoms with Crippen LogP contribution in [0.1, 0.15) is 6.92 Å². The highest BCUT2D eigenvalue weighted by atomic mass is 16.3. The van der Waals surface area contributed by atoms with Gasteiger partial charge in [0.1, 0.15) is 5.75 Å². The van der Waals surface area contributed by atoms with Gasteiger partial charge in [-0.2, -0.15) is 0 Å². The summed E-state index contributed by atoms with van der Waals surface area (Å²) in [6.45, 7) is 1.48. The minimum atomic E-state index is -0.116. The van der Waals surface area contributed by atoms with Gasteiger partial charge in [0.25, 0.3) is 0 Å². The van der Waals surface area contributed by atoms with Gasteiger partial charge in [0, 0.05) is 36.3 Å². The zero-order valence-corrected chi connectivity index (χ0v) is 14.5. The van der Waals surface area contributed by atoms with Crippen LogP contribution in [-0.2, 0) is 4.79 Å². The largest absolute Gasteiger partial charge is 0.508 e. The lowest BCUT2D eigenvalue weighted by atomic mass is 10.1. The van der Waals surface area contributed by atoms with Gasteiger partial charge in [0.05, 0.1) is 11.9 Å². The van der Waals surface area contributed by atoms with Crippen LogP contribution in [0.25, 0.3) is 16.9 Å². The van der Waals surface area contributed by atoms with Gasteiger partial charge >= 0.3 is 0 Å². The fraction of sp³-hybridized carbons (Fsp3) is 0.0500. The third-order valence-corrected chi connectivity index (χ3v) is 4.04. The van der Waals surface area contributed by atoms with Crippen molar-refractivity contribution in [2.45, 2.75) is 6.92 Å². The number of phenolic OH excluding ortho intramolecular Hbond substituents is 1. The van der Waals surface area contributed by atoms with E-state index in [1.54, 1.807) is 36.7 Å². The number of aromatic nitrogens is 3. The molecule has 0 unspecified atom stereocenters. The van der Waals surface area contributed by atoms with E-state index < -0.39 is 0 Å². The van der Waals surface area contributed by atoms with E-state index >= 15 is 0 Å². The molecule has 7 nitrogen and oxygen atoms in total. The van der Waals surface area contributed by atoms with Crippen LogP contribution in [-0.4, -0.2) is 25.4 Å². The molecule has 0 bridgehead atoms. The first-order valence-corrected chi connectivity index (χ1v) is 8.36. The van der Waals surface area contributed by atoms with E-state index in [0.717, 1.165) is 22.6 Å². The predicted octanol–water partition coefficient (Wildman–Crippen LogP) is 3.80. The van der Waals surface area contributed by atoms with E-state index in [0.29, 0.717) is 11.5 Å². The molecule has 0 aliphatic carbocycles. The number of carbonyl (C=O) groups excluding carboxylic acids is 1. The van der Waals surface area contributed by atoms with Crippen molar-refractivity contribution in [3.05, 3.63) is 67.1 Å². The summed E-state index contributed by atoms with van der Waals surface area (Å²) < 4.78 is 1.93. The number of carbonyl (C=O) groups is 1. The summed E-state index contributed by atoms with van der Waals surface area (Å²) in [6.07, 6.45) is 5.30. The number of hydrogen-bond acceptors (Lipinski definition) is 5. The second-order valence-electron chi connectivity index (χ2n) is 6.05. The number of benzene rings is 2. The standard InChI is InChI=1S/C20H17N5O2/c1-13(26)23-16-4-2-3-14(11-16)18-12-22-20-19(21-9-10-25(18)20)24-15-5-7-17(27)8-6-15/h2-12,27H,1H3,(H,21,24)(H,23,26). The van der Waals surface area contributed by atoms with Gasteiger partial charge in [0.2, 0.25) is 5.91 Å². The van der Waals surface area contributed by atoms with Gasteiger partial charge in [-0.15, -0.1) is 0 Å². The first kappa shape index (κ1) is 16.6. The second-order valence-corrected chi connectivity index (χ2v) is 6.05. The molecule has 7 heteroatoms. The molecule has 2 aromatic heterocycles. The molecule has 2 aromatic carbocycles. The highest BCUT2D eigenvalue weighted by Gasteiger charge is 2.11. The van der Waals surface area contributed by atoms with Crippen LogP contribution in [0.3, 0.4) is 0 Å². The minimum Gasteiger partial charge on any atom is -0.508 e. The zero-order valence-electron chi connectivity index (χ0n) is 14.5. The molecule has 0 spiro atoms. The van der Waals surface area contributed by atoms with Crippen molar-refractivity contribution in [2.75, 3.05) is 10.6 Å². The molecule has 4 aromatic rings. The molecule has 2 heterocycles. The zero-order chi connectivity index (χ0) is 18.8. The molecule has 0 aliphatic heterocycles. The Hall–Kier alpha value is -3.87. The van der Waals surface area contributed by atoms with Crippen molar-refractivity contribution in [2.24, 2.45) is 0 Å². The smallest absolute Gasteiger partial charge is 0.221 e. The first-order chi connectivity index (χ1) is 13.1. The number of fused-ring (bicyclic) bond motifs is 1. The maximum absolute atomic E-state index is 11.3. The Morgan fingerprint density at radius 1 is 1.07 bits per heavy atom. The van der Waals surface area contributed by atoms with E-state index in [4.69, 9.17) is 0 Å². The Morgan fingerprint density at radius 2 is 1.89 bits per heavy atom. The Morgan fingerprint density at radius 3 is 2.67 bits per heavy atom. The normalized spacial score (nSPS) is 10.7. The highest BCUT2D eigenvalue weighted by Crippen LogP contribution is 2.27. The molecule has 0 fully saturated rings. The van der Waals surface area contributed by atoms with Crippen LogP contribution >= 0.6 is 0 Å². The SMILES string of the molecule is CC(=O)Nc1cccc(-c2cnc3c(Nc4ccc(O)cc4)nccn23)c1. The van der Waals surface area contributed by atoms with Gasteiger partial charge in [-0.25, -0.2) is 9.97 Å². The van der Waals surface area contributed by atoms with Crippen molar-refractivity contribution in [1.29, 1.82) is 0 Å². The molecule has 4 rings (SSSR count). The second kappa shape index (κ2) is 6.80. The summed E-state index contributed by atoms with van der Waals surface area (Å²) in [6, 6.07) is 14.3. The van der Waals surface area contributed by atoms with Crippen LogP contribution in [0.15, 0.2) is 67.1 Å². The number of imidazole rings is 1. The van der Waals surface area contributed by atoms with Gasteiger partial charge in [0.15, 0.2) is 11.5 Å². The minimum absolute atomic E-state index is 0.116. The van der Waals surface area contributed by atoms with Gasteiger partial charge in [-0.3, -0.25) is 9.20 Å². The third-order valence-electron chi connectivity index (χ3n) is 4.04. The quantitative estimate of drug-likeness (QED) is 0.482. The van der Waals surface area contributed by atoms with Crippen LogP contribution in [0, 0.1) is 0 Å². The topological polar surface area (TPSA) is 91.5 Å².